The van der Waals surface area contributed by atoms with Crippen molar-refractivity contribution in [2.24, 2.45) is 5.92 Å². The molecule has 0 radical (unpaired) electrons. The molecule has 1 atom stereocenters. The summed E-state index contributed by atoms with van der Waals surface area (Å²) in [6.07, 6.45) is 2.07. The van der Waals surface area contributed by atoms with E-state index in [2.05, 4.69) is 17.0 Å². The van der Waals surface area contributed by atoms with Crippen molar-refractivity contribution in [3.8, 4) is 0 Å². The van der Waals surface area contributed by atoms with E-state index in [1.807, 2.05) is 0 Å². The van der Waals surface area contributed by atoms with E-state index >= 15 is 0 Å². The van der Waals surface area contributed by atoms with Crippen molar-refractivity contribution in [2.75, 3.05) is 46.4 Å². The lowest BCUT2D eigenvalue weighted by Gasteiger charge is -2.29. The second-order valence-corrected chi connectivity index (χ2v) is 6.50. The second kappa shape index (κ2) is 8.06. The Morgan fingerprint density at radius 2 is 2.11 bits per heavy atom. The zero-order valence-corrected chi connectivity index (χ0v) is 12.1. The molecule has 1 saturated heterocycles. The summed E-state index contributed by atoms with van der Waals surface area (Å²) < 4.78 is 33.0. The zero-order valence-electron chi connectivity index (χ0n) is 11.3. The van der Waals surface area contributed by atoms with E-state index in [0.29, 0.717) is 38.7 Å². The summed E-state index contributed by atoms with van der Waals surface area (Å²) in [6.45, 7) is 5.76. The Hall–Kier alpha value is -0.210. The summed E-state index contributed by atoms with van der Waals surface area (Å²) in [6, 6.07) is 0. The number of hydrogen-bond donors (Lipinski definition) is 2. The second-order valence-electron chi connectivity index (χ2n) is 4.75. The van der Waals surface area contributed by atoms with Crippen molar-refractivity contribution in [1.82, 2.24) is 14.3 Å². The van der Waals surface area contributed by atoms with Crippen molar-refractivity contribution < 1.29 is 13.2 Å². The van der Waals surface area contributed by atoms with Crippen molar-refractivity contribution in [1.29, 1.82) is 0 Å². The number of piperidine rings is 1. The highest BCUT2D eigenvalue weighted by Crippen LogP contribution is 2.17. The van der Waals surface area contributed by atoms with Crippen LogP contribution in [0.15, 0.2) is 0 Å². The monoisotopic (exact) mass is 279 g/mol. The molecule has 6 nitrogen and oxygen atoms in total. The highest BCUT2D eigenvalue weighted by Gasteiger charge is 2.26. The first-order valence-electron chi connectivity index (χ1n) is 6.50. The molecule has 0 aromatic heterocycles. The van der Waals surface area contributed by atoms with Crippen LogP contribution in [0.5, 0.6) is 0 Å². The third-order valence-corrected chi connectivity index (χ3v) is 4.61. The largest absolute Gasteiger partial charge is 0.383 e. The van der Waals surface area contributed by atoms with Gasteiger partial charge in [-0.1, -0.05) is 6.92 Å². The lowest BCUT2D eigenvalue weighted by Crippen LogP contribution is -2.47. The third kappa shape index (κ3) is 5.62. The highest BCUT2D eigenvalue weighted by atomic mass is 32.2. The van der Waals surface area contributed by atoms with E-state index in [1.54, 1.807) is 11.4 Å². The van der Waals surface area contributed by atoms with Crippen LogP contribution in [0, 0.1) is 5.92 Å². The Labute approximate surface area is 110 Å². The first-order valence-corrected chi connectivity index (χ1v) is 7.94. The molecule has 7 heteroatoms. The predicted molar refractivity (Wildman–Crippen MR) is 71.6 cm³/mol. The summed E-state index contributed by atoms with van der Waals surface area (Å²) in [5.41, 5.74) is 0. The van der Waals surface area contributed by atoms with E-state index in [4.69, 9.17) is 4.74 Å². The van der Waals surface area contributed by atoms with Gasteiger partial charge in [0.1, 0.15) is 0 Å². The number of ether oxygens (including phenoxy) is 1. The lowest BCUT2D eigenvalue weighted by atomic mass is 10.0. The Morgan fingerprint density at radius 1 is 1.33 bits per heavy atom. The van der Waals surface area contributed by atoms with Crippen LogP contribution in [-0.4, -0.2) is 59.2 Å². The van der Waals surface area contributed by atoms with E-state index in [0.717, 1.165) is 19.4 Å². The average molecular weight is 279 g/mol. The van der Waals surface area contributed by atoms with Crippen molar-refractivity contribution >= 4 is 10.2 Å². The van der Waals surface area contributed by atoms with Crippen LogP contribution < -0.4 is 10.0 Å². The molecule has 1 aliphatic rings. The minimum Gasteiger partial charge on any atom is -0.383 e. The van der Waals surface area contributed by atoms with Gasteiger partial charge in [-0.15, -0.1) is 0 Å². The van der Waals surface area contributed by atoms with Gasteiger partial charge in [0, 0.05) is 39.8 Å². The first kappa shape index (κ1) is 15.8. The van der Waals surface area contributed by atoms with Gasteiger partial charge < -0.3 is 10.1 Å². The Balaban J connectivity index is 2.22. The number of nitrogens with zero attached hydrogens (tertiary/aromatic N) is 1. The molecule has 2 N–H and O–H groups in total. The van der Waals surface area contributed by atoms with Crippen LogP contribution in [0.4, 0.5) is 0 Å². The van der Waals surface area contributed by atoms with Crippen LogP contribution in [0.2, 0.25) is 0 Å². The van der Waals surface area contributed by atoms with Gasteiger partial charge in [-0.3, -0.25) is 0 Å². The quantitative estimate of drug-likeness (QED) is 0.603. The maximum Gasteiger partial charge on any atom is 0.279 e. The molecule has 0 saturated carbocycles. The van der Waals surface area contributed by atoms with Crippen molar-refractivity contribution in [3.63, 3.8) is 0 Å². The molecule has 1 aliphatic heterocycles. The molecule has 1 unspecified atom stereocenters. The van der Waals surface area contributed by atoms with Crippen molar-refractivity contribution in [2.45, 2.75) is 19.8 Å². The SMILES string of the molecule is COCCNCCNS(=O)(=O)N1CCCC(C)C1. The molecule has 1 fully saturated rings. The molecule has 0 aromatic rings. The molecular formula is C11H25N3O3S. The standard InChI is InChI=1S/C11H25N3O3S/c1-11-4-3-8-14(10-11)18(15,16)13-6-5-12-7-9-17-2/h11-13H,3-10H2,1-2H3. The van der Waals surface area contributed by atoms with Gasteiger partial charge in [-0.25, -0.2) is 4.72 Å². The lowest BCUT2D eigenvalue weighted by molar-refractivity contribution is 0.199. The normalized spacial score (nSPS) is 22.2. The molecule has 0 bridgehead atoms. The van der Waals surface area contributed by atoms with Crippen LogP contribution in [0.1, 0.15) is 19.8 Å². The predicted octanol–water partition coefficient (Wildman–Crippen LogP) is -0.211. The first-order chi connectivity index (χ1) is 8.56. The van der Waals surface area contributed by atoms with Crippen LogP contribution in [-0.2, 0) is 14.9 Å². The summed E-state index contributed by atoms with van der Waals surface area (Å²) in [7, 11) is -1.66. The fraction of sp³-hybridized carbons (Fsp3) is 1.00. The molecule has 0 aliphatic carbocycles. The number of methoxy groups -OCH3 is 1. The Morgan fingerprint density at radius 3 is 2.78 bits per heavy atom. The molecular weight excluding hydrogens is 254 g/mol. The summed E-state index contributed by atoms with van der Waals surface area (Å²) in [5.74, 6) is 0.454. The molecule has 1 rings (SSSR count). The van der Waals surface area contributed by atoms with Gasteiger partial charge in [0.15, 0.2) is 0 Å². The zero-order chi connectivity index (χ0) is 13.4. The third-order valence-electron chi connectivity index (χ3n) is 3.03. The van der Waals surface area contributed by atoms with Gasteiger partial charge in [-0.2, -0.15) is 12.7 Å². The maximum atomic E-state index is 12.0. The van der Waals surface area contributed by atoms with Gasteiger partial charge in [0.2, 0.25) is 0 Å². The minimum absolute atomic E-state index is 0.414. The average Bonchev–Trinajstić information content (AvgIpc) is 2.33. The molecule has 108 valence electrons. The van der Waals surface area contributed by atoms with Gasteiger partial charge in [-0.05, 0) is 18.8 Å². The van der Waals surface area contributed by atoms with Crippen LogP contribution in [0.25, 0.3) is 0 Å². The summed E-state index contributed by atoms with van der Waals surface area (Å²) >= 11 is 0. The van der Waals surface area contributed by atoms with E-state index in [-0.39, 0.29) is 0 Å². The van der Waals surface area contributed by atoms with Gasteiger partial charge in [0.05, 0.1) is 6.61 Å². The minimum atomic E-state index is -3.30. The molecule has 1 heterocycles. The van der Waals surface area contributed by atoms with E-state index in [1.165, 1.54) is 0 Å². The summed E-state index contributed by atoms with van der Waals surface area (Å²) in [4.78, 5) is 0. The van der Waals surface area contributed by atoms with Crippen LogP contribution >= 0.6 is 0 Å². The Kier molecular flexibility index (Phi) is 7.10. The van der Waals surface area contributed by atoms with Crippen molar-refractivity contribution in [3.05, 3.63) is 0 Å². The summed E-state index contributed by atoms with van der Waals surface area (Å²) in [5, 5.41) is 3.10. The highest BCUT2D eigenvalue weighted by molar-refractivity contribution is 7.87. The Bertz CT molecular complexity index is 321. The topological polar surface area (TPSA) is 70.7 Å². The molecule has 0 spiro atoms. The number of nitrogens with one attached hydrogen (secondary N) is 2. The molecule has 0 aromatic carbocycles. The fourth-order valence-electron chi connectivity index (χ4n) is 2.02. The van der Waals surface area contributed by atoms with Gasteiger partial charge >= 0.3 is 0 Å². The van der Waals surface area contributed by atoms with E-state index < -0.39 is 10.2 Å². The number of hydrogen-bond acceptors (Lipinski definition) is 4. The smallest absolute Gasteiger partial charge is 0.279 e. The van der Waals surface area contributed by atoms with E-state index in [9.17, 15) is 8.42 Å². The van der Waals surface area contributed by atoms with Crippen LogP contribution in [0.3, 0.4) is 0 Å². The fourth-order valence-corrected chi connectivity index (χ4v) is 3.39. The molecule has 0 amide bonds. The number of rotatable bonds is 8. The van der Waals surface area contributed by atoms with Gasteiger partial charge in [0.25, 0.3) is 10.2 Å². The molecule has 18 heavy (non-hydrogen) atoms. The maximum absolute atomic E-state index is 12.0.